The normalized spacial score (nSPS) is 10.7. The quantitative estimate of drug-likeness (QED) is 0.897. The van der Waals surface area contributed by atoms with E-state index in [-0.39, 0.29) is 0 Å². The van der Waals surface area contributed by atoms with E-state index in [0.29, 0.717) is 17.4 Å². The Morgan fingerprint density at radius 1 is 1.44 bits per heavy atom. The molecule has 0 aromatic carbocycles. The highest BCUT2D eigenvalue weighted by molar-refractivity contribution is 5.63. The van der Waals surface area contributed by atoms with E-state index < -0.39 is 0 Å². The number of nitrogens with one attached hydrogen (secondary N) is 1. The Labute approximate surface area is 106 Å². The van der Waals surface area contributed by atoms with Crippen LogP contribution < -0.4 is 5.32 Å². The zero-order chi connectivity index (χ0) is 13.3. The number of aryl methyl sites for hydroxylation is 2. The Bertz CT molecular complexity index is 599. The predicted octanol–water partition coefficient (Wildman–Crippen LogP) is 2.12. The van der Waals surface area contributed by atoms with Crippen molar-refractivity contribution in [2.45, 2.75) is 26.8 Å². The van der Waals surface area contributed by atoms with Gasteiger partial charge in [0.1, 0.15) is 17.5 Å². The number of anilines is 2. The summed E-state index contributed by atoms with van der Waals surface area (Å²) in [4.78, 5) is 0. The number of hydrogen-bond acceptors (Lipinski definition) is 4. The maximum absolute atomic E-state index is 9.12. The largest absolute Gasteiger partial charge is 0.337 e. The first-order valence-corrected chi connectivity index (χ1v) is 5.77. The Balaban J connectivity index is 2.31. The van der Waals surface area contributed by atoms with Crippen LogP contribution in [0.25, 0.3) is 0 Å². The molecule has 0 spiro atoms. The average molecular weight is 244 g/mol. The van der Waals surface area contributed by atoms with E-state index in [1.165, 1.54) is 0 Å². The molecular formula is C12H16N6. The first kappa shape index (κ1) is 12.2. The maximum Gasteiger partial charge on any atom is 0.146 e. The summed E-state index contributed by atoms with van der Waals surface area (Å²) >= 11 is 0. The van der Waals surface area contributed by atoms with Gasteiger partial charge in [0.25, 0.3) is 0 Å². The van der Waals surface area contributed by atoms with Crippen molar-refractivity contribution in [2.75, 3.05) is 5.32 Å². The summed E-state index contributed by atoms with van der Waals surface area (Å²) in [6, 6.07) is 2.47. The number of rotatable bonds is 3. The van der Waals surface area contributed by atoms with E-state index in [1.807, 2.05) is 24.9 Å². The van der Waals surface area contributed by atoms with Gasteiger partial charge in [0.15, 0.2) is 0 Å². The summed E-state index contributed by atoms with van der Waals surface area (Å²) in [5, 5.41) is 20.8. The van der Waals surface area contributed by atoms with Crippen molar-refractivity contribution in [2.24, 2.45) is 7.05 Å². The van der Waals surface area contributed by atoms with Crippen LogP contribution in [0.5, 0.6) is 0 Å². The third-order valence-corrected chi connectivity index (χ3v) is 2.73. The Hall–Kier alpha value is -2.29. The fourth-order valence-electron chi connectivity index (χ4n) is 1.76. The van der Waals surface area contributed by atoms with Gasteiger partial charge in [-0.25, -0.2) is 0 Å². The fourth-order valence-corrected chi connectivity index (χ4v) is 1.76. The van der Waals surface area contributed by atoms with Gasteiger partial charge in [0, 0.05) is 19.3 Å². The van der Waals surface area contributed by atoms with E-state index in [9.17, 15) is 0 Å². The van der Waals surface area contributed by atoms with Crippen LogP contribution in [0.1, 0.15) is 31.1 Å². The molecule has 6 heteroatoms. The smallest absolute Gasteiger partial charge is 0.146 e. The Kier molecular flexibility index (Phi) is 3.06. The molecule has 2 rings (SSSR count). The molecular weight excluding hydrogens is 228 g/mol. The van der Waals surface area contributed by atoms with Gasteiger partial charge in [0.2, 0.25) is 0 Å². The topological polar surface area (TPSA) is 71.5 Å². The molecule has 0 unspecified atom stereocenters. The SMILES string of the molecule is Cc1nn(C)c(Nc2cnn(C(C)C)c2)c1C#N. The van der Waals surface area contributed by atoms with Gasteiger partial charge >= 0.3 is 0 Å². The first-order chi connectivity index (χ1) is 8.52. The van der Waals surface area contributed by atoms with Gasteiger partial charge in [-0.3, -0.25) is 9.36 Å². The minimum absolute atomic E-state index is 0.310. The molecule has 0 amide bonds. The van der Waals surface area contributed by atoms with Crippen LogP contribution in [0.15, 0.2) is 12.4 Å². The van der Waals surface area contributed by atoms with Gasteiger partial charge in [-0.2, -0.15) is 15.5 Å². The van der Waals surface area contributed by atoms with Gasteiger partial charge in [-0.05, 0) is 20.8 Å². The number of hydrogen-bond donors (Lipinski definition) is 1. The van der Waals surface area contributed by atoms with Crippen LogP contribution in [0.4, 0.5) is 11.5 Å². The summed E-state index contributed by atoms with van der Waals surface area (Å²) in [6.45, 7) is 5.94. The molecule has 2 heterocycles. The Morgan fingerprint density at radius 3 is 2.72 bits per heavy atom. The van der Waals surface area contributed by atoms with E-state index in [2.05, 4.69) is 35.4 Å². The predicted molar refractivity (Wildman–Crippen MR) is 68.6 cm³/mol. The summed E-state index contributed by atoms with van der Waals surface area (Å²) < 4.78 is 3.53. The number of aromatic nitrogens is 4. The molecule has 0 atom stereocenters. The lowest BCUT2D eigenvalue weighted by molar-refractivity contribution is 0.532. The molecule has 18 heavy (non-hydrogen) atoms. The third-order valence-electron chi connectivity index (χ3n) is 2.73. The highest BCUT2D eigenvalue weighted by atomic mass is 15.3. The lowest BCUT2D eigenvalue weighted by Crippen LogP contribution is -2.01. The second-order valence-corrected chi connectivity index (χ2v) is 4.47. The fraction of sp³-hybridized carbons (Fsp3) is 0.417. The van der Waals surface area contributed by atoms with Crippen LogP contribution in [0.2, 0.25) is 0 Å². The van der Waals surface area contributed by atoms with E-state index >= 15 is 0 Å². The van der Waals surface area contributed by atoms with Crippen molar-refractivity contribution in [3.8, 4) is 6.07 Å². The van der Waals surface area contributed by atoms with Crippen molar-refractivity contribution < 1.29 is 0 Å². The summed E-state index contributed by atoms with van der Waals surface area (Å²) in [5.41, 5.74) is 2.14. The maximum atomic E-state index is 9.12. The first-order valence-electron chi connectivity index (χ1n) is 5.77. The van der Waals surface area contributed by atoms with Gasteiger partial charge in [-0.15, -0.1) is 0 Å². The molecule has 0 fully saturated rings. The van der Waals surface area contributed by atoms with Crippen LogP contribution >= 0.6 is 0 Å². The average Bonchev–Trinajstić information content (AvgIpc) is 2.86. The third kappa shape index (κ3) is 2.07. The molecule has 0 aliphatic rings. The van der Waals surface area contributed by atoms with E-state index in [1.54, 1.807) is 10.9 Å². The van der Waals surface area contributed by atoms with Crippen molar-refractivity contribution in [3.63, 3.8) is 0 Å². The molecule has 6 nitrogen and oxygen atoms in total. The molecule has 1 N–H and O–H groups in total. The molecule has 0 radical (unpaired) electrons. The lowest BCUT2D eigenvalue weighted by atomic mass is 10.2. The van der Waals surface area contributed by atoms with Gasteiger partial charge < -0.3 is 5.32 Å². The minimum atomic E-state index is 0.310. The van der Waals surface area contributed by atoms with Crippen molar-refractivity contribution in [1.29, 1.82) is 5.26 Å². The van der Waals surface area contributed by atoms with Gasteiger partial charge in [-0.1, -0.05) is 0 Å². The summed E-state index contributed by atoms with van der Waals surface area (Å²) in [7, 11) is 1.81. The summed E-state index contributed by atoms with van der Waals surface area (Å²) in [6.07, 6.45) is 3.65. The standard InChI is InChI=1S/C12H16N6/c1-8(2)18-7-10(6-14-18)15-12-11(5-13)9(3)16-17(12)4/h6-8,15H,1-4H3. The second-order valence-electron chi connectivity index (χ2n) is 4.47. The van der Waals surface area contributed by atoms with Crippen molar-refractivity contribution in [1.82, 2.24) is 19.6 Å². The Morgan fingerprint density at radius 2 is 2.17 bits per heavy atom. The molecule has 0 saturated heterocycles. The van der Waals surface area contributed by atoms with Crippen LogP contribution in [-0.2, 0) is 7.05 Å². The monoisotopic (exact) mass is 244 g/mol. The molecule has 2 aromatic heterocycles. The second kappa shape index (κ2) is 4.53. The van der Waals surface area contributed by atoms with Crippen LogP contribution in [0, 0.1) is 18.3 Å². The van der Waals surface area contributed by atoms with Crippen LogP contribution in [-0.4, -0.2) is 19.6 Å². The zero-order valence-electron chi connectivity index (χ0n) is 11.0. The van der Waals surface area contributed by atoms with Crippen molar-refractivity contribution >= 4 is 11.5 Å². The highest BCUT2D eigenvalue weighted by Gasteiger charge is 2.13. The van der Waals surface area contributed by atoms with E-state index in [0.717, 1.165) is 11.4 Å². The molecule has 0 saturated carbocycles. The molecule has 94 valence electrons. The zero-order valence-corrected chi connectivity index (χ0v) is 11.0. The minimum Gasteiger partial charge on any atom is -0.337 e. The molecule has 0 aliphatic heterocycles. The van der Waals surface area contributed by atoms with Gasteiger partial charge in [0.05, 0.1) is 17.6 Å². The van der Waals surface area contributed by atoms with Crippen molar-refractivity contribution in [3.05, 3.63) is 23.7 Å². The molecule has 0 aliphatic carbocycles. The van der Waals surface area contributed by atoms with E-state index in [4.69, 9.17) is 5.26 Å². The highest BCUT2D eigenvalue weighted by Crippen LogP contribution is 2.22. The number of nitrogens with zero attached hydrogens (tertiary/aromatic N) is 5. The van der Waals surface area contributed by atoms with Crippen LogP contribution in [0.3, 0.4) is 0 Å². The lowest BCUT2D eigenvalue weighted by Gasteiger charge is -2.05. The number of nitriles is 1. The molecule has 0 bridgehead atoms. The molecule has 2 aromatic rings. The summed E-state index contributed by atoms with van der Waals surface area (Å²) in [5.74, 6) is 0.693.